The van der Waals surface area contributed by atoms with Crippen LogP contribution in [-0.2, 0) is 73.5 Å². The summed E-state index contributed by atoms with van der Waals surface area (Å²) >= 11 is 4.30. The lowest BCUT2D eigenvalue weighted by molar-refractivity contribution is -0.140. The number of carboxylic acids is 2. The number of amides is 12. The van der Waals surface area contributed by atoms with Crippen LogP contribution in [0, 0.1) is 17.8 Å². The second-order valence-corrected chi connectivity index (χ2v) is 23.0. The van der Waals surface area contributed by atoms with Gasteiger partial charge in [-0.25, -0.2) is 0 Å². The van der Waals surface area contributed by atoms with Crippen LogP contribution >= 0.6 is 12.6 Å². The van der Waals surface area contributed by atoms with E-state index in [1.165, 1.54) is 13.8 Å². The predicted octanol–water partition coefficient (Wildman–Crippen LogP) is -5.74. The number of nitrogens with two attached hydrogens (primary N) is 4. The Hall–Kier alpha value is -8.05. The number of carboxylic acid groups (broad SMARTS) is 2. The zero-order valence-electron chi connectivity index (χ0n) is 53.1. The Morgan fingerprint density at radius 2 is 0.880 bits per heavy atom. The van der Waals surface area contributed by atoms with Gasteiger partial charge in [0, 0.05) is 12.2 Å². The van der Waals surface area contributed by atoms with Gasteiger partial charge in [0.25, 0.3) is 0 Å². The van der Waals surface area contributed by atoms with Gasteiger partial charge in [-0.2, -0.15) is 12.6 Å². The van der Waals surface area contributed by atoms with Gasteiger partial charge in [-0.05, 0) is 81.9 Å². The smallest absolute Gasteiger partial charge is 0.322 e. The first-order valence-electron chi connectivity index (χ1n) is 30.4. The maximum absolute atomic E-state index is 14.5. The molecule has 12 amide bonds. The standard InChI is InChI=1S/C58H97N15O18S/c1-8-30(5)45(56(89)69-40(28-92)54(87)65-35(19-13-15-21-59)50(83)64-36(20-14-16-22-60)51(84)68-39(27-74)49(82)63-26-43(79)80)72-57(90)46(31(6)9-2)71-53(86)38(25-41(62)76)66-52(85)37(23-33-17-11-10-12-18-33)67-58(91)47(32(7)75)73-55(88)44(29(3)4)70-48(81)34(61)24-42(77)78/h10-12,17-18,29-32,34-40,44-47,74-75,92H,8-9,13-16,19-28,59-61H2,1-7H3,(H2,62,76)(H,63,82)(H,64,83)(H,65,87)(H,66,85)(H,67,91)(H,68,84)(H,69,89)(H,70,81)(H,71,86)(H,72,90)(H,73,88)(H,77,78)(H,79,80)/t30-,31-,32+,34-,35-,36-,37-,38-,39-,40-,44-,45-,46-,47-/m0/s1. The third-order valence-corrected chi connectivity index (χ3v) is 15.2. The number of aliphatic carboxylic acids is 2. The normalized spacial score (nSPS) is 15.7. The molecule has 0 aromatic heterocycles. The molecule has 23 N–H and O–H groups in total. The van der Waals surface area contributed by atoms with Crippen molar-refractivity contribution in [3.05, 3.63) is 35.9 Å². The van der Waals surface area contributed by atoms with Crippen molar-refractivity contribution >= 4 is 95.5 Å². The number of aliphatic hydroxyl groups excluding tert-OH is 2. The Balaban J connectivity index is 3.57. The summed E-state index contributed by atoms with van der Waals surface area (Å²) in [6.45, 7) is 9.51. The molecule has 34 heteroatoms. The van der Waals surface area contributed by atoms with E-state index >= 15 is 0 Å². The second-order valence-electron chi connectivity index (χ2n) is 22.7. The van der Waals surface area contributed by atoms with E-state index in [0.717, 1.165) is 6.92 Å². The Labute approximate surface area is 539 Å². The van der Waals surface area contributed by atoms with Gasteiger partial charge >= 0.3 is 11.9 Å². The molecule has 518 valence electrons. The van der Waals surface area contributed by atoms with Gasteiger partial charge in [0.15, 0.2) is 0 Å². The van der Waals surface area contributed by atoms with Crippen LogP contribution in [0.5, 0.6) is 0 Å². The molecule has 0 aliphatic heterocycles. The number of hydrogen-bond donors (Lipinski definition) is 20. The lowest BCUT2D eigenvalue weighted by atomic mass is 9.94. The maximum Gasteiger partial charge on any atom is 0.322 e. The van der Waals surface area contributed by atoms with Crippen molar-refractivity contribution in [2.45, 2.75) is 192 Å². The van der Waals surface area contributed by atoms with Crippen molar-refractivity contribution in [2.75, 3.05) is 32.0 Å². The highest BCUT2D eigenvalue weighted by atomic mass is 32.1. The first kappa shape index (κ1) is 82.0. The Morgan fingerprint density at radius 1 is 0.478 bits per heavy atom. The molecule has 0 aliphatic rings. The minimum atomic E-state index is -1.82. The number of nitrogens with one attached hydrogen (secondary N) is 11. The molecule has 0 saturated heterocycles. The molecule has 92 heavy (non-hydrogen) atoms. The molecule has 0 radical (unpaired) electrons. The van der Waals surface area contributed by atoms with Crippen LogP contribution in [0.15, 0.2) is 30.3 Å². The molecule has 0 bridgehead atoms. The average molecular weight is 1320 g/mol. The second kappa shape index (κ2) is 42.9. The number of hydrogen-bond acceptors (Lipinski definition) is 20. The topological polar surface area (TPSA) is 556 Å². The van der Waals surface area contributed by atoms with E-state index in [9.17, 15) is 77.3 Å². The molecule has 0 aliphatic carbocycles. The lowest BCUT2D eigenvalue weighted by Crippen LogP contribution is -2.63. The third kappa shape index (κ3) is 29.5. The van der Waals surface area contributed by atoms with E-state index in [-0.39, 0.29) is 50.9 Å². The molecule has 14 atom stereocenters. The van der Waals surface area contributed by atoms with E-state index in [4.69, 9.17) is 33.1 Å². The number of benzene rings is 1. The molecule has 1 aromatic rings. The van der Waals surface area contributed by atoms with Crippen LogP contribution in [0.2, 0.25) is 0 Å². The van der Waals surface area contributed by atoms with Crippen molar-refractivity contribution in [3.63, 3.8) is 0 Å². The fourth-order valence-corrected chi connectivity index (χ4v) is 9.16. The molecule has 33 nitrogen and oxygen atoms in total. The van der Waals surface area contributed by atoms with E-state index in [1.54, 1.807) is 58.0 Å². The summed E-state index contributed by atoms with van der Waals surface area (Å²) in [5.41, 5.74) is 23.1. The highest BCUT2D eigenvalue weighted by Crippen LogP contribution is 2.15. The van der Waals surface area contributed by atoms with Crippen LogP contribution in [0.25, 0.3) is 0 Å². The molecule has 0 spiro atoms. The Kier molecular flexibility index (Phi) is 38.2. The number of thiol groups is 1. The average Bonchev–Trinajstić information content (AvgIpc) is 1.28. The quantitative estimate of drug-likeness (QED) is 0.0214. The number of unbranched alkanes of at least 4 members (excludes halogenated alkanes) is 2. The predicted molar refractivity (Wildman–Crippen MR) is 336 cm³/mol. The van der Waals surface area contributed by atoms with E-state index in [1.807, 2.05) is 5.32 Å². The van der Waals surface area contributed by atoms with Crippen molar-refractivity contribution in [1.82, 2.24) is 58.5 Å². The third-order valence-electron chi connectivity index (χ3n) is 14.8. The van der Waals surface area contributed by atoms with E-state index < -0.39 is 199 Å². The fourth-order valence-electron chi connectivity index (χ4n) is 8.90. The highest BCUT2D eigenvalue weighted by Gasteiger charge is 2.39. The first-order chi connectivity index (χ1) is 43.3. The summed E-state index contributed by atoms with van der Waals surface area (Å²) in [5.74, 6) is -17.1. The Morgan fingerprint density at radius 3 is 1.33 bits per heavy atom. The molecular weight excluding hydrogens is 1230 g/mol. The molecule has 0 fully saturated rings. The van der Waals surface area contributed by atoms with Crippen molar-refractivity contribution in [1.29, 1.82) is 0 Å². The van der Waals surface area contributed by atoms with E-state index in [0.29, 0.717) is 31.2 Å². The van der Waals surface area contributed by atoms with Gasteiger partial charge in [0.2, 0.25) is 70.9 Å². The monoisotopic (exact) mass is 1320 g/mol. The molecule has 1 rings (SSSR count). The lowest BCUT2D eigenvalue weighted by Gasteiger charge is -2.31. The summed E-state index contributed by atoms with van der Waals surface area (Å²) in [6.07, 6.45) is -1.66. The zero-order chi connectivity index (χ0) is 69.9. The maximum atomic E-state index is 14.5. The number of aliphatic hydroxyl groups is 2. The fraction of sp³-hybridized carbons (Fsp3) is 0.655. The zero-order valence-corrected chi connectivity index (χ0v) is 54.0. The number of carbonyl (C=O) groups excluding carboxylic acids is 12. The van der Waals surface area contributed by atoms with Gasteiger partial charge in [-0.1, -0.05) is 84.7 Å². The molecule has 0 saturated carbocycles. The highest BCUT2D eigenvalue weighted by molar-refractivity contribution is 7.80. The molecular formula is C58H97N15O18S. The summed E-state index contributed by atoms with van der Waals surface area (Å²) in [6, 6.07) is -8.71. The van der Waals surface area contributed by atoms with Crippen LogP contribution in [0.1, 0.15) is 118 Å². The summed E-state index contributed by atoms with van der Waals surface area (Å²) in [4.78, 5) is 187. The van der Waals surface area contributed by atoms with Gasteiger partial charge in [-0.15, -0.1) is 0 Å². The van der Waals surface area contributed by atoms with Crippen molar-refractivity contribution in [2.24, 2.45) is 40.7 Å². The van der Waals surface area contributed by atoms with Crippen LogP contribution in [0.4, 0.5) is 0 Å². The van der Waals surface area contributed by atoms with E-state index in [2.05, 4.69) is 65.8 Å². The van der Waals surface area contributed by atoms with Gasteiger partial charge in [0.1, 0.15) is 67.0 Å². The van der Waals surface area contributed by atoms with Crippen LogP contribution < -0.4 is 81.4 Å². The van der Waals surface area contributed by atoms with Gasteiger partial charge in [-0.3, -0.25) is 67.1 Å². The van der Waals surface area contributed by atoms with Gasteiger partial charge in [0.05, 0.1) is 31.6 Å². The molecule has 0 unspecified atom stereocenters. The number of primary amides is 1. The SMILES string of the molecule is CC[C@H](C)[C@H](NC(=O)[C@H](CC(N)=O)NC(=O)[C@H](Cc1ccccc1)NC(=O)[C@@H](NC(=O)[C@@H](NC(=O)[C@@H](N)CC(=O)O)C(C)C)[C@@H](C)O)C(=O)N[C@H](C(=O)N[C@@H](CS)C(=O)N[C@@H](CCCCN)C(=O)N[C@@H](CCCCN)C(=O)N[C@@H](CO)C(=O)NCC(=O)O)[C@@H](C)CC. The molecule has 1 aromatic carbocycles. The largest absolute Gasteiger partial charge is 0.481 e. The first-order valence-corrected chi connectivity index (χ1v) is 31.1. The summed E-state index contributed by atoms with van der Waals surface area (Å²) < 4.78 is 0. The number of carbonyl (C=O) groups is 14. The summed E-state index contributed by atoms with van der Waals surface area (Å²) in [7, 11) is 0. The number of rotatable bonds is 45. The minimum absolute atomic E-state index is 0.0174. The van der Waals surface area contributed by atoms with Crippen molar-refractivity contribution in [3.8, 4) is 0 Å². The van der Waals surface area contributed by atoms with Crippen LogP contribution in [0.3, 0.4) is 0 Å². The summed E-state index contributed by atoms with van der Waals surface area (Å²) in [5, 5.41) is 65.5. The Bertz CT molecular complexity index is 2640. The minimum Gasteiger partial charge on any atom is -0.481 e. The van der Waals surface area contributed by atoms with Crippen molar-refractivity contribution < 1.29 is 87.5 Å². The molecule has 0 heterocycles. The van der Waals surface area contributed by atoms with Gasteiger partial charge < -0.3 is 102 Å². The van der Waals surface area contributed by atoms with Crippen LogP contribution in [-0.4, -0.2) is 208 Å².